The summed E-state index contributed by atoms with van der Waals surface area (Å²) in [4.78, 5) is 26.5. The number of nitrogens with zero attached hydrogens (tertiary/aromatic N) is 5. The predicted molar refractivity (Wildman–Crippen MR) is 94.2 cm³/mol. The molecule has 8 heteroatoms. The highest BCUT2D eigenvalue weighted by Gasteiger charge is 2.27. The summed E-state index contributed by atoms with van der Waals surface area (Å²) >= 11 is 0. The number of rotatable bonds is 3. The van der Waals surface area contributed by atoms with E-state index in [1.807, 2.05) is 11.8 Å². The summed E-state index contributed by atoms with van der Waals surface area (Å²) in [5, 5.41) is 8.68. The van der Waals surface area contributed by atoms with E-state index >= 15 is 0 Å². The minimum absolute atomic E-state index is 0.0419. The van der Waals surface area contributed by atoms with Crippen LogP contribution < -0.4 is 10.3 Å². The number of likely N-dealkylation sites (tertiary alicyclic amines) is 1. The third-order valence-electron chi connectivity index (χ3n) is 5.06. The van der Waals surface area contributed by atoms with Crippen LogP contribution in [0.25, 0.3) is 0 Å². The van der Waals surface area contributed by atoms with Gasteiger partial charge < -0.3 is 9.64 Å². The first-order chi connectivity index (χ1) is 12.6. The number of carbonyl (C=O) groups is 1. The number of piperidine rings is 1. The van der Waals surface area contributed by atoms with Gasteiger partial charge in [-0.15, -0.1) is 0 Å². The molecular weight excluding hydrogens is 334 g/mol. The number of amides is 1. The zero-order chi connectivity index (χ0) is 18.1. The lowest BCUT2D eigenvalue weighted by molar-refractivity contribution is 0.0673. The molecule has 1 amide bonds. The first kappa shape index (κ1) is 16.8. The Hall–Kier alpha value is -2.64. The van der Waals surface area contributed by atoms with Crippen molar-refractivity contribution >= 4 is 5.91 Å². The molecule has 4 heterocycles. The zero-order valence-electron chi connectivity index (χ0n) is 14.9. The maximum atomic E-state index is 12.7. The van der Waals surface area contributed by atoms with Gasteiger partial charge in [-0.05, 0) is 31.7 Å². The summed E-state index contributed by atoms with van der Waals surface area (Å²) < 4.78 is 8.84. The van der Waals surface area contributed by atoms with Crippen LogP contribution in [0.1, 0.15) is 35.4 Å². The third-order valence-corrected chi connectivity index (χ3v) is 5.06. The van der Waals surface area contributed by atoms with Gasteiger partial charge in [-0.25, -0.2) is 9.36 Å². The molecule has 0 radical (unpaired) electrons. The van der Waals surface area contributed by atoms with Crippen molar-refractivity contribution in [2.45, 2.75) is 39.3 Å². The van der Waals surface area contributed by atoms with Crippen LogP contribution in [-0.4, -0.2) is 50.1 Å². The standard InChI is InChI=1S/C18H23N5O3/c1-13-3-4-16(24)23(19-13)12-14-5-8-21(9-6-14)18(25)15-11-17-22(20-15)7-2-10-26-17/h3-4,11,14H,2,5-10,12H2,1H3. The Bertz CT molecular complexity index is 840. The highest BCUT2D eigenvalue weighted by molar-refractivity contribution is 5.92. The molecule has 0 N–H and O–H groups in total. The van der Waals surface area contributed by atoms with Gasteiger partial charge in [0.1, 0.15) is 0 Å². The Morgan fingerprint density at radius 2 is 2.04 bits per heavy atom. The highest BCUT2D eigenvalue weighted by Crippen LogP contribution is 2.23. The summed E-state index contributed by atoms with van der Waals surface area (Å²) in [5.41, 5.74) is 1.22. The monoisotopic (exact) mass is 357 g/mol. The Balaban J connectivity index is 1.37. The Kier molecular flexibility index (Phi) is 4.48. The van der Waals surface area contributed by atoms with E-state index in [0.717, 1.165) is 31.5 Å². The van der Waals surface area contributed by atoms with Crippen molar-refractivity contribution in [3.8, 4) is 5.88 Å². The molecule has 8 nitrogen and oxygen atoms in total. The molecule has 0 unspecified atom stereocenters. The molecule has 4 rings (SSSR count). The minimum Gasteiger partial charge on any atom is -0.478 e. The smallest absolute Gasteiger partial charge is 0.274 e. The summed E-state index contributed by atoms with van der Waals surface area (Å²) in [7, 11) is 0. The van der Waals surface area contributed by atoms with Crippen molar-refractivity contribution in [2.75, 3.05) is 19.7 Å². The van der Waals surface area contributed by atoms with Crippen molar-refractivity contribution in [2.24, 2.45) is 5.92 Å². The topological polar surface area (TPSA) is 82.2 Å². The van der Waals surface area contributed by atoms with Crippen LogP contribution in [0.2, 0.25) is 0 Å². The molecule has 138 valence electrons. The number of ether oxygens (including phenoxy) is 1. The Morgan fingerprint density at radius 1 is 1.23 bits per heavy atom. The molecule has 2 aromatic rings. The summed E-state index contributed by atoms with van der Waals surface area (Å²) in [6.45, 7) is 5.31. The number of aryl methyl sites for hydroxylation is 2. The van der Waals surface area contributed by atoms with Gasteiger partial charge in [-0.2, -0.15) is 10.2 Å². The lowest BCUT2D eigenvalue weighted by Gasteiger charge is -2.31. The van der Waals surface area contributed by atoms with Crippen LogP contribution in [0, 0.1) is 12.8 Å². The van der Waals surface area contributed by atoms with Gasteiger partial charge in [0.15, 0.2) is 5.69 Å². The summed E-state index contributed by atoms with van der Waals surface area (Å²) in [6, 6.07) is 5.03. The van der Waals surface area contributed by atoms with Crippen molar-refractivity contribution in [1.29, 1.82) is 0 Å². The summed E-state index contributed by atoms with van der Waals surface area (Å²) in [6.07, 6.45) is 2.63. The van der Waals surface area contributed by atoms with Crippen LogP contribution >= 0.6 is 0 Å². The second-order valence-corrected chi connectivity index (χ2v) is 7.02. The fraction of sp³-hybridized carbons (Fsp3) is 0.556. The fourth-order valence-electron chi connectivity index (χ4n) is 3.58. The van der Waals surface area contributed by atoms with E-state index in [2.05, 4.69) is 10.2 Å². The van der Waals surface area contributed by atoms with E-state index < -0.39 is 0 Å². The van der Waals surface area contributed by atoms with E-state index in [9.17, 15) is 9.59 Å². The lowest BCUT2D eigenvalue weighted by Crippen LogP contribution is -2.40. The van der Waals surface area contributed by atoms with Crippen molar-refractivity contribution < 1.29 is 9.53 Å². The number of carbonyl (C=O) groups excluding carboxylic acids is 1. The second-order valence-electron chi connectivity index (χ2n) is 7.02. The van der Waals surface area contributed by atoms with Crippen molar-refractivity contribution in [3.63, 3.8) is 0 Å². The molecule has 0 spiro atoms. The highest BCUT2D eigenvalue weighted by atomic mass is 16.5. The average molecular weight is 357 g/mol. The molecule has 1 fully saturated rings. The lowest BCUT2D eigenvalue weighted by atomic mass is 9.96. The van der Waals surface area contributed by atoms with Gasteiger partial charge in [0.25, 0.3) is 11.5 Å². The van der Waals surface area contributed by atoms with Crippen molar-refractivity contribution in [3.05, 3.63) is 39.9 Å². The first-order valence-electron chi connectivity index (χ1n) is 9.15. The molecule has 0 bridgehead atoms. The number of aromatic nitrogens is 4. The molecule has 0 atom stereocenters. The molecule has 26 heavy (non-hydrogen) atoms. The van der Waals surface area contributed by atoms with E-state index in [1.54, 1.807) is 22.9 Å². The largest absolute Gasteiger partial charge is 0.478 e. The van der Waals surface area contributed by atoms with E-state index in [0.29, 0.717) is 43.7 Å². The average Bonchev–Trinajstić information content (AvgIpc) is 3.09. The maximum Gasteiger partial charge on any atom is 0.274 e. The molecule has 2 aliphatic rings. The van der Waals surface area contributed by atoms with Gasteiger partial charge in [0.2, 0.25) is 5.88 Å². The van der Waals surface area contributed by atoms with Gasteiger partial charge in [0, 0.05) is 44.7 Å². The molecule has 1 saturated heterocycles. The van der Waals surface area contributed by atoms with Crippen LogP contribution in [0.15, 0.2) is 23.0 Å². The van der Waals surface area contributed by atoms with Crippen LogP contribution in [0.3, 0.4) is 0 Å². The molecule has 2 aliphatic heterocycles. The second kappa shape index (κ2) is 6.93. The third kappa shape index (κ3) is 3.36. The van der Waals surface area contributed by atoms with E-state index in [1.165, 1.54) is 4.68 Å². The maximum absolute atomic E-state index is 12.7. The molecule has 0 aromatic carbocycles. The van der Waals surface area contributed by atoms with Crippen molar-refractivity contribution in [1.82, 2.24) is 24.5 Å². The quantitative estimate of drug-likeness (QED) is 0.821. The van der Waals surface area contributed by atoms with E-state index in [-0.39, 0.29) is 11.5 Å². The van der Waals surface area contributed by atoms with Crippen LogP contribution in [-0.2, 0) is 13.1 Å². The number of hydrogen-bond donors (Lipinski definition) is 0. The van der Waals surface area contributed by atoms with Gasteiger partial charge >= 0.3 is 0 Å². The summed E-state index contributed by atoms with van der Waals surface area (Å²) in [5.74, 6) is 0.990. The molecule has 0 saturated carbocycles. The fourth-order valence-corrected chi connectivity index (χ4v) is 3.58. The minimum atomic E-state index is -0.0716. The van der Waals surface area contributed by atoms with Gasteiger partial charge in [-0.3, -0.25) is 9.59 Å². The molecular formula is C18H23N5O3. The van der Waals surface area contributed by atoms with Gasteiger partial charge in [-0.1, -0.05) is 0 Å². The number of fused-ring (bicyclic) bond motifs is 1. The van der Waals surface area contributed by atoms with Crippen LogP contribution in [0.5, 0.6) is 5.88 Å². The number of hydrogen-bond acceptors (Lipinski definition) is 5. The van der Waals surface area contributed by atoms with Gasteiger partial charge in [0.05, 0.1) is 12.3 Å². The zero-order valence-corrected chi connectivity index (χ0v) is 14.9. The SMILES string of the molecule is Cc1ccc(=O)n(CC2CCN(C(=O)c3cc4n(n3)CCCO4)CC2)n1. The van der Waals surface area contributed by atoms with Crippen LogP contribution in [0.4, 0.5) is 0 Å². The Labute approximate surface area is 151 Å². The normalized spacial score (nSPS) is 17.7. The Morgan fingerprint density at radius 3 is 2.81 bits per heavy atom. The molecule has 0 aliphatic carbocycles. The van der Waals surface area contributed by atoms with E-state index in [4.69, 9.17) is 4.74 Å². The molecule has 2 aromatic heterocycles. The predicted octanol–water partition coefficient (Wildman–Crippen LogP) is 1.08. The first-order valence-corrected chi connectivity index (χ1v) is 9.15.